The zero-order chi connectivity index (χ0) is 23.2. The van der Waals surface area contributed by atoms with Gasteiger partial charge in [0.25, 0.3) is 5.91 Å². The standard InChI is InChI=1S/C20H21F3N2O5S/c1-13-5-3-6-14(2)19(13)25-17(26)12-30-18(27)9-10-24-31(28,29)16-8-4-7-15(11-16)20(21,22)23/h3-8,11,24H,9-10,12H2,1-2H3,(H,25,26). The molecule has 0 spiro atoms. The van der Waals surface area contributed by atoms with Gasteiger partial charge in [0.2, 0.25) is 10.0 Å². The summed E-state index contributed by atoms with van der Waals surface area (Å²) in [6.45, 7) is 2.65. The average Bonchev–Trinajstić information content (AvgIpc) is 2.68. The predicted molar refractivity (Wildman–Crippen MR) is 107 cm³/mol. The Morgan fingerprint density at radius 3 is 2.26 bits per heavy atom. The fourth-order valence-corrected chi connectivity index (χ4v) is 3.69. The Bertz CT molecular complexity index is 1050. The van der Waals surface area contributed by atoms with Crippen LogP contribution in [0.1, 0.15) is 23.1 Å². The molecule has 2 aromatic carbocycles. The number of nitrogens with one attached hydrogen (secondary N) is 2. The van der Waals surface area contributed by atoms with Crippen LogP contribution < -0.4 is 10.0 Å². The number of hydrogen-bond acceptors (Lipinski definition) is 5. The van der Waals surface area contributed by atoms with Crippen LogP contribution in [0.2, 0.25) is 0 Å². The first-order valence-corrected chi connectivity index (χ1v) is 10.6. The van der Waals surface area contributed by atoms with Gasteiger partial charge < -0.3 is 10.1 Å². The number of halogens is 3. The lowest BCUT2D eigenvalue weighted by Crippen LogP contribution is -2.28. The molecule has 0 aliphatic heterocycles. The van der Waals surface area contributed by atoms with E-state index in [-0.39, 0.29) is 0 Å². The molecule has 31 heavy (non-hydrogen) atoms. The number of sulfonamides is 1. The van der Waals surface area contributed by atoms with Gasteiger partial charge in [-0.2, -0.15) is 13.2 Å². The minimum Gasteiger partial charge on any atom is -0.456 e. The Morgan fingerprint density at radius 1 is 1.03 bits per heavy atom. The highest BCUT2D eigenvalue weighted by molar-refractivity contribution is 7.89. The number of carbonyl (C=O) groups excluding carboxylic acids is 2. The Labute approximate surface area is 177 Å². The van der Waals surface area contributed by atoms with E-state index < -0.39 is 58.1 Å². The zero-order valence-electron chi connectivity index (χ0n) is 16.7. The number of rotatable bonds is 8. The molecule has 2 rings (SSSR count). The molecule has 0 saturated carbocycles. The summed E-state index contributed by atoms with van der Waals surface area (Å²) < 4.78 is 69.3. The quantitative estimate of drug-likeness (QED) is 0.592. The second-order valence-electron chi connectivity index (χ2n) is 6.65. The highest BCUT2D eigenvalue weighted by Crippen LogP contribution is 2.30. The maximum atomic E-state index is 12.7. The Balaban J connectivity index is 1.83. The van der Waals surface area contributed by atoms with Crippen LogP contribution in [-0.2, 0) is 30.5 Å². The molecule has 1 amide bonds. The van der Waals surface area contributed by atoms with Crippen LogP contribution in [0, 0.1) is 13.8 Å². The molecule has 11 heteroatoms. The Hall–Kier alpha value is -2.92. The van der Waals surface area contributed by atoms with Crippen LogP contribution in [0.3, 0.4) is 0 Å². The number of benzene rings is 2. The molecule has 2 aromatic rings. The molecular weight excluding hydrogens is 437 g/mol. The second kappa shape index (κ2) is 9.92. The van der Waals surface area contributed by atoms with Gasteiger partial charge in [-0.05, 0) is 43.2 Å². The van der Waals surface area contributed by atoms with E-state index in [2.05, 4.69) is 5.32 Å². The number of amides is 1. The van der Waals surface area contributed by atoms with Crippen LogP contribution in [0.15, 0.2) is 47.4 Å². The van der Waals surface area contributed by atoms with Crippen LogP contribution in [0.25, 0.3) is 0 Å². The molecular formula is C20H21F3N2O5S. The fraction of sp³-hybridized carbons (Fsp3) is 0.300. The fourth-order valence-electron chi connectivity index (χ4n) is 2.62. The molecule has 0 fully saturated rings. The molecule has 2 N–H and O–H groups in total. The van der Waals surface area contributed by atoms with Crippen molar-refractivity contribution in [2.24, 2.45) is 0 Å². The predicted octanol–water partition coefficient (Wildman–Crippen LogP) is 3.17. The van der Waals surface area contributed by atoms with Crippen LogP contribution >= 0.6 is 0 Å². The molecule has 0 radical (unpaired) electrons. The topological polar surface area (TPSA) is 102 Å². The Kier molecular flexibility index (Phi) is 7.80. The van der Waals surface area contributed by atoms with Gasteiger partial charge in [-0.15, -0.1) is 0 Å². The summed E-state index contributed by atoms with van der Waals surface area (Å²) in [5.74, 6) is -1.40. The Morgan fingerprint density at radius 2 is 1.65 bits per heavy atom. The van der Waals surface area contributed by atoms with Crippen molar-refractivity contribution in [3.8, 4) is 0 Å². The van der Waals surface area contributed by atoms with Gasteiger partial charge in [-0.25, -0.2) is 13.1 Å². The molecule has 0 atom stereocenters. The number of anilines is 1. The summed E-state index contributed by atoms with van der Waals surface area (Å²) in [5.41, 5.74) is 1.18. The third-order valence-electron chi connectivity index (χ3n) is 4.20. The molecule has 0 heterocycles. The average molecular weight is 458 g/mol. The molecule has 0 aliphatic carbocycles. The third-order valence-corrected chi connectivity index (χ3v) is 5.66. The van der Waals surface area contributed by atoms with Crippen molar-refractivity contribution in [3.63, 3.8) is 0 Å². The summed E-state index contributed by atoms with van der Waals surface area (Å²) in [6.07, 6.45) is -5.10. The van der Waals surface area contributed by atoms with Gasteiger partial charge in [-0.3, -0.25) is 9.59 Å². The lowest BCUT2D eigenvalue weighted by atomic mass is 10.1. The summed E-state index contributed by atoms with van der Waals surface area (Å²) in [6, 6.07) is 8.68. The molecule has 0 aliphatic rings. The van der Waals surface area contributed by atoms with E-state index in [1.807, 2.05) is 36.8 Å². The van der Waals surface area contributed by atoms with Gasteiger partial charge in [0, 0.05) is 12.2 Å². The van der Waals surface area contributed by atoms with E-state index in [1.54, 1.807) is 0 Å². The molecule has 0 unspecified atom stereocenters. The maximum Gasteiger partial charge on any atom is 0.416 e. The number of hydrogen-bond donors (Lipinski definition) is 2. The summed E-state index contributed by atoms with van der Waals surface area (Å²) in [5, 5.41) is 2.63. The highest BCUT2D eigenvalue weighted by Gasteiger charge is 2.31. The monoisotopic (exact) mass is 458 g/mol. The van der Waals surface area contributed by atoms with Crippen LogP contribution in [0.5, 0.6) is 0 Å². The molecule has 7 nitrogen and oxygen atoms in total. The number of para-hydroxylation sites is 1. The first-order chi connectivity index (χ1) is 14.4. The molecule has 0 saturated heterocycles. The smallest absolute Gasteiger partial charge is 0.416 e. The normalized spacial score (nSPS) is 11.8. The summed E-state index contributed by atoms with van der Waals surface area (Å²) in [4.78, 5) is 23.1. The van der Waals surface area contributed by atoms with Crippen molar-refractivity contribution >= 4 is 27.6 Å². The SMILES string of the molecule is Cc1cccc(C)c1NC(=O)COC(=O)CCNS(=O)(=O)c1cccc(C(F)(F)F)c1. The molecule has 0 aromatic heterocycles. The van der Waals surface area contributed by atoms with Crippen LogP contribution in [-0.4, -0.2) is 33.4 Å². The molecule has 168 valence electrons. The molecule has 0 bridgehead atoms. The number of aryl methyl sites for hydroxylation is 2. The van der Waals surface area contributed by atoms with Crippen molar-refractivity contribution in [3.05, 3.63) is 59.2 Å². The van der Waals surface area contributed by atoms with E-state index in [0.29, 0.717) is 11.8 Å². The van der Waals surface area contributed by atoms with Gasteiger partial charge in [0.1, 0.15) is 0 Å². The first kappa shape index (κ1) is 24.4. The first-order valence-electron chi connectivity index (χ1n) is 9.09. The largest absolute Gasteiger partial charge is 0.456 e. The number of esters is 1. The minimum absolute atomic E-state index is 0.407. The lowest BCUT2D eigenvalue weighted by molar-refractivity contribution is -0.147. The minimum atomic E-state index is -4.69. The van der Waals surface area contributed by atoms with E-state index in [0.717, 1.165) is 29.3 Å². The van der Waals surface area contributed by atoms with E-state index in [1.165, 1.54) is 0 Å². The van der Waals surface area contributed by atoms with Crippen molar-refractivity contribution in [1.29, 1.82) is 0 Å². The van der Waals surface area contributed by atoms with Crippen molar-refractivity contribution in [2.45, 2.75) is 31.3 Å². The maximum absolute atomic E-state index is 12.7. The van der Waals surface area contributed by atoms with Gasteiger partial charge in [0.15, 0.2) is 6.61 Å². The van der Waals surface area contributed by atoms with E-state index >= 15 is 0 Å². The van der Waals surface area contributed by atoms with Crippen molar-refractivity contribution < 1.29 is 35.9 Å². The van der Waals surface area contributed by atoms with Gasteiger partial charge in [0.05, 0.1) is 16.9 Å². The second-order valence-corrected chi connectivity index (χ2v) is 8.42. The van der Waals surface area contributed by atoms with E-state index in [9.17, 15) is 31.2 Å². The zero-order valence-corrected chi connectivity index (χ0v) is 17.6. The number of alkyl halides is 3. The summed E-state index contributed by atoms with van der Waals surface area (Å²) >= 11 is 0. The van der Waals surface area contributed by atoms with Crippen molar-refractivity contribution in [1.82, 2.24) is 4.72 Å². The van der Waals surface area contributed by atoms with Gasteiger partial charge in [-0.1, -0.05) is 24.3 Å². The third kappa shape index (κ3) is 7.07. The van der Waals surface area contributed by atoms with E-state index in [4.69, 9.17) is 4.74 Å². The van der Waals surface area contributed by atoms with Crippen molar-refractivity contribution in [2.75, 3.05) is 18.5 Å². The van der Waals surface area contributed by atoms with Crippen LogP contribution in [0.4, 0.5) is 18.9 Å². The number of ether oxygens (including phenoxy) is 1. The number of carbonyl (C=O) groups is 2. The highest BCUT2D eigenvalue weighted by atomic mass is 32.2. The van der Waals surface area contributed by atoms with Gasteiger partial charge >= 0.3 is 12.1 Å². The lowest BCUT2D eigenvalue weighted by Gasteiger charge is -2.12. The summed E-state index contributed by atoms with van der Waals surface area (Å²) in [7, 11) is -4.26.